The second-order valence-corrected chi connectivity index (χ2v) is 15.9. The van der Waals surface area contributed by atoms with Gasteiger partial charge in [-0.1, -0.05) is 48.5 Å². The van der Waals surface area contributed by atoms with Gasteiger partial charge in [-0.3, -0.25) is 4.98 Å². The Labute approximate surface area is 163 Å². The maximum atomic E-state index is 6.88. The lowest BCUT2D eigenvalue weighted by Gasteiger charge is -2.44. The number of hydrogen-bond acceptors (Lipinski definition) is 2. The molecule has 136 valence electrons. The third-order valence-electron chi connectivity index (χ3n) is 5.65. The molecule has 2 nitrogen and oxygen atoms in total. The molecule has 0 fully saturated rings. The van der Waals surface area contributed by atoms with Gasteiger partial charge in [0.15, 0.2) is 8.32 Å². The lowest BCUT2D eigenvalue weighted by atomic mass is 9.75. The van der Waals surface area contributed by atoms with E-state index in [0.717, 1.165) is 12.8 Å². The Kier molecular flexibility index (Phi) is 5.65. The molecular weight excluding hydrogens is 425 g/mol. The molecule has 0 unspecified atom stereocenters. The van der Waals surface area contributed by atoms with Crippen LogP contribution in [0.5, 0.6) is 0 Å². The van der Waals surface area contributed by atoms with Gasteiger partial charge >= 0.3 is 0 Å². The Balaban J connectivity index is 2.49. The number of fused-ring (bicyclic) bond motifs is 1. The average molecular weight is 459 g/mol. The van der Waals surface area contributed by atoms with Crippen molar-refractivity contribution in [3.63, 3.8) is 0 Å². The second-order valence-electron chi connectivity index (χ2n) is 9.96. The Morgan fingerprint density at radius 3 is 2.38 bits per heavy atom. The van der Waals surface area contributed by atoms with Crippen molar-refractivity contribution in [3.05, 3.63) is 26.6 Å². The predicted molar refractivity (Wildman–Crippen MR) is 114 cm³/mol. The summed E-state index contributed by atoms with van der Waals surface area (Å²) in [7, 11) is -1.81. The van der Waals surface area contributed by atoms with Crippen LogP contribution < -0.4 is 0 Å². The highest BCUT2D eigenvalue weighted by atomic mass is 127. The zero-order chi connectivity index (χ0) is 18.5. The zero-order valence-corrected chi connectivity index (χ0v) is 20.0. The van der Waals surface area contributed by atoms with Crippen LogP contribution in [0.4, 0.5) is 0 Å². The lowest BCUT2D eigenvalue weighted by molar-refractivity contribution is 0.105. The van der Waals surface area contributed by atoms with Crippen molar-refractivity contribution < 1.29 is 4.43 Å². The lowest BCUT2D eigenvalue weighted by Crippen LogP contribution is -2.44. The molecule has 0 radical (unpaired) electrons. The zero-order valence-electron chi connectivity index (χ0n) is 16.9. The Bertz CT molecular complexity index is 617. The molecule has 0 spiro atoms. The van der Waals surface area contributed by atoms with Crippen molar-refractivity contribution in [3.8, 4) is 0 Å². The fraction of sp³-hybridized carbons (Fsp3) is 0.750. The maximum Gasteiger partial charge on any atom is 0.192 e. The van der Waals surface area contributed by atoms with Gasteiger partial charge in [0.05, 0.1) is 6.10 Å². The van der Waals surface area contributed by atoms with E-state index < -0.39 is 8.32 Å². The maximum absolute atomic E-state index is 6.88. The third kappa shape index (κ3) is 4.23. The van der Waals surface area contributed by atoms with Gasteiger partial charge < -0.3 is 4.43 Å². The largest absolute Gasteiger partial charge is 0.410 e. The summed E-state index contributed by atoms with van der Waals surface area (Å²) in [6.07, 6.45) is 2.33. The molecule has 1 aromatic heterocycles. The van der Waals surface area contributed by atoms with E-state index in [9.17, 15) is 0 Å². The molecule has 0 amide bonds. The molecule has 1 atom stereocenters. The average Bonchev–Trinajstić information content (AvgIpc) is 2.33. The molecule has 24 heavy (non-hydrogen) atoms. The van der Waals surface area contributed by atoms with E-state index in [1.54, 1.807) is 0 Å². The van der Waals surface area contributed by atoms with Gasteiger partial charge in [0.2, 0.25) is 0 Å². The highest BCUT2D eigenvalue weighted by Crippen LogP contribution is 2.48. The van der Waals surface area contributed by atoms with Gasteiger partial charge in [-0.2, -0.15) is 0 Å². The monoisotopic (exact) mass is 459 g/mol. The van der Waals surface area contributed by atoms with Crippen LogP contribution in [0.3, 0.4) is 0 Å². The summed E-state index contributed by atoms with van der Waals surface area (Å²) in [5.74, 6) is 0.466. The minimum atomic E-state index is -1.81. The Hall–Kier alpha value is 0.0569. The third-order valence-corrected chi connectivity index (χ3v) is 11.0. The van der Waals surface area contributed by atoms with Gasteiger partial charge in [0.25, 0.3) is 0 Å². The molecule has 0 aliphatic heterocycles. The van der Waals surface area contributed by atoms with Gasteiger partial charge in [0.1, 0.15) is 0 Å². The number of pyridine rings is 1. The Morgan fingerprint density at radius 2 is 1.88 bits per heavy atom. The van der Waals surface area contributed by atoms with E-state index in [2.05, 4.69) is 90.2 Å². The number of nitrogens with zero attached hydrogens (tertiary/aromatic N) is 1. The molecule has 0 saturated carbocycles. The summed E-state index contributed by atoms with van der Waals surface area (Å²) in [4.78, 5) is 5.04. The number of halogens is 1. The molecule has 2 rings (SSSR count). The molecule has 1 aliphatic rings. The summed E-state index contributed by atoms with van der Waals surface area (Å²) in [6, 6.07) is 2.27. The smallest absolute Gasteiger partial charge is 0.192 e. The van der Waals surface area contributed by atoms with Crippen LogP contribution in [0.2, 0.25) is 18.1 Å². The first-order valence-corrected chi connectivity index (χ1v) is 13.1. The normalized spacial score (nSPS) is 21.0. The van der Waals surface area contributed by atoms with Crippen LogP contribution in [-0.2, 0) is 10.8 Å². The summed E-state index contributed by atoms with van der Waals surface area (Å²) in [5, 5.41) is 0.228. The number of rotatable bonds is 3. The van der Waals surface area contributed by atoms with E-state index in [1.165, 1.54) is 20.5 Å². The summed E-state index contributed by atoms with van der Waals surface area (Å²) >= 11 is 2.50. The highest BCUT2D eigenvalue weighted by Gasteiger charge is 2.43. The molecule has 1 aromatic rings. The van der Waals surface area contributed by atoms with Crippen molar-refractivity contribution in [1.82, 2.24) is 4.98 Å². The van der Waals surface area contributed by atoms with E-state index in [0.29, 0.717) is 5.92 Å². The predicted octanol–water partition coefficient (Wildman–Crippen LogP) is 6.84. The Morgan fingerprint density at radius 1 is 1.29 bits per heavy atom. The van der Waals surface area contributed by atoms with Gasteiger partial charge in [-0.05, 0) is 71.0 Å². The second kappa shape index (κ2) is 6.65. The van der Waals surface area contributed by atoms with Crippen molar-refractivity contribution >= 4 is 30.9 Å². The topological polar surface area (TPSA) is 22.1 Å². The van der Waals surface area contributed by atoms with Crippen LogP contribution in [0, 0.1) is 8.99 Å². The first-order valence-electron chi connectivity index (χ1n) is 9.10. The van der Waals surface area contributed by atoms with Crippen molar-refractivity contribution in [2.45, 2.75) is 91.5 Å². The van der Waals surface area contributed by atoms with Crippen LogP contribution in [-0.4, -0.2) is 13.3 Å². The molecule has 4 heteroatoms. The quantitative estimate of drug-likeness (QED) is 0.365. The van der Waals surface area contributed by atoms with Crippen LogP contribution in [0.1, 0.15) is 83.9 Å². The van der Waals surface area contributed by atoms with E-state index >= 15 is 0 Å². The van der Waals surface area contributed by atoms with Crippen LogP contribution >= 0.6 is 22.6 Å². The fourth-order valence-corrected chi connectivity index (χ4v) is 5.37. The van der Waals surface area contributed by atoms with Gasteiger partial charge in [0, 0.05) is 20.5 Å². The summed E-state index contributed by atoms with van der Waals surface area (Å²) < 4.78 is 8.21. The number of hydrogen-bond donors (Lipinski definition) is 0. The van der Waals surface area contributed by atoms with Crippen molar-refractivity contribution in [1.29, 1.82) is 0 Å². The SMILES string of the molecule is CC(C)c1cc(I)c2c(n1)CC(C)(C)C[C@@H]2O[Si](C)(C)C(C)(C)C. The minimum Gasteiger partial charge on any atom is -0.410 e. The van der Waals surface area contributed by atoms with E-state index in [-0.39, 0.29) is 16.6 Å². The van der Waals surface area contributed by atoms with E-state index in [4.69, 9.17) is 9.41 Å². The number of aromatic nitrogens is 1. The molecule has 0 saturated heterocycles. The highest BCUT2D eigenvalue weighted by molar-refractivity contribution is 14.1. The summed E-state index contributed by atoms with van der Waals surface area (Å²) in [6.45, 7) is 20.8. The van der Waals surface area contributed by atoms with Gasteiger partial charge in [-0.15, -0.1) is 0 Å². The van der Waals surface area contributed by atoms with Crippen LogP contribution in [0.15, 0.2) is 6.07 Å². The van der Waals surface area contributed by atoms with Crippen molar-refractivity contribution in [2.75, 3.05) is 0 Å². The van der Waals surface area contributed by atoms with Gasteiger partial charge in [-0.25, -0.2) is 0 Å². The molecule has 0 aromatic carbocycles. The standard InChI is InChI=1S/C20H34INOSi/c1-13(2)15-10-14(21)18-16(22-15)11-20(6,7)12-17(18)23-24(8,9)19(3,4)5/h10,13,17H,11-12H2,1-9H3/t17-/m0/s1. The minimum absolute atomic E-state index is 0.185. The summed E-state index contributed by atoms with van der Waals surface area (Å²) in [5.41, 5.74) is 4.09. The molecular formula is C20H34INOSi. The van der Waals surface area contributed by atoms with Crippen LogP contribution in [0.25, 0.3) is 0 Å². The first kappa shape index (κ1) is 20.4. The first-order chi connectivity index (χ1) is 10.7. The fourth-order valence-electron chi connectivity index (χ4n) is 3.13. The van der Waals surface area contributed by atoms with E-state index in [1.807, 2.05) is 0 Å². The molecule has 0 bridgehead atoms. The molecule has 1 aliphatic carbocycles. The van der Waals surface area contributed by atoms with Crippen molar-refractivity contribution in [2.24, 2.45) is 5.41 Å². The molecule has 1 heterocycles. The molecule has 0 N–H and O–H groups in total.